The van der Waals surface area contributed by atoms with E-state index in [2.05, 4.69) is 10.5 Å². The molecule has 1 aromatic heterocycles. The van der Waals surface area contributed by atoms with Crippen molar-refractivity contribution in [2.45, 2.75) is 13.3 Å². The SMILES string of the molecule is COc1ccccc1Oc1ccc(N2C[C@H](C(=O)OCC(=O)Nc3cc(C)on3)CC2=O)cc1. The summed E-state index contributed by atoms with van der Waals surface area (Å²) in [7, 11) is 1.57. The molecule has 0 unspecified atom stereocenters. The predicted molar refractivity (Wildman–Crippen MR) is 121 cm³/mol. The molecule has 34 heavy (non-hydrogen) atoms. The summed E-state index contributed by atoms with van der Waals surface area (Å²) in [6.45, 7) is 1.37. The van der Waals surface area contributed by atoms with Crippen LogP contribution in [0.4, 0.5) is 11.5 Å². The maximum atomic E-state index is 12.5. The first-order chi connectivity index (χ1) is 16.4. The Morgan fingerprint density at radius 3 is 2.56 bits per heavy atom. The molecule has 1 atom stereocenters. The number of aromatic nitrogens is 1. The topological polar surface area (TPSA) is 120 Å². The van der Waals surface area contributed by atoms with Crippen molar-refractivity contribution in [3.05, 3.63) is 60.4 Å². The number of benzene rings is 2. The fourth-order valence-corrected chi connectivity index (χ4v) is 3.50. The molecule has 0 bridgehead atoms. The third-order valence-electron chi connectivity index (χ3n) is 5.14. The third-order valence-corrected chi connectivity index (χ3v) is 5.14. The van der Waals surface area contributed by atoms with Gasteiger partial charge in [-0.25, -0.2) is 0 Å². The summed E-state index contributed by atoms with van der Waals surface area (Å²) >= 11 is 0. The Labute approximate surface area is 195 Å². The molecule has 1 saturated heterocycles. The maximum absolute atomic E-state index is 12.5. The van der Waals surface area contributed by atoms with E-state index in [1.165, 1.54) is 4.90 Å². The van der Waals surface area contributed by atoms with Crippen molar-refractivity contribution in [3.63, 3.8) is 0 Å². The lowest BCUT2D eigenvalue weighted by atomic mass is 10.1. The summed E-state index contributed by atoms with van der Waals surface area (Å²) in [5, 5.41) is 6.10. The number of rotatable bonds is 8. The van der Waals surface area contributed by atoms with Crippen molar-refractivity contribution in [1.29, 1.82) is 0 Å². The average molecular weight is 465 g/mol. The molecular weight excluding hydrogens is 442 g/mol. The number of aryl methyl sites for hydroxylation is 1. The van der Waals surface area contributed by atoms with Gasteiger partial charge in [0.2, 0.25) is 5.91 Å². The third kappa shape index (κ3) is 5.34. The number of nitrogens with zero attached hydrogens (tertiary/aromatic N) is 2. The zero-order valence-electron chi connectivity index (χ0n) is 18.6. The summed E-state index contributed by atoms with van der Waals surface area (Å²) in [5.74, 6) is 0.487. The Hall–Kier alpha value is -4.34. The highest BCUT2D eigenvalue weighted by Crippen LogP contribution is 2.33. The van der Waals surface area contributed by atoms with Crippen LogP contribution in [0.25, 0.3) is 0 Å². The van der Waals surface area contributed by atoms with Gasteiger partial charge in [0.05, 0.1) is 13.0 Å². The highest BCUT2D eigenvalue weighted by atomic mass is 16.5. The highest BCUT2D eigenvalue weighted by molar-refractivity contribution is 6.00. The fourth-order valence-electron chi connectivity index (χ4n) is 3.50. The molecule has 176 valence electrons. The van der Waals surface area contributed by atoms with Crippen LogP contribution in [-0.4, -0.2) is 43.2 Å². The van der Waals surface area contributed by atoms with Gasteiger partial charge in [0, 0.05) is 24.7 Å². The summed E-state index contributed by atoms with van der Waals surface area (Å²) in [5.41, 5.74) is 0.631. The van der Waals surface area contributed by atoms with Crippen molar-refractivity contribution in [2.24, 2.45) is 5.92 Å². The van der Waals surface area contributed by atoms with Gasteiger partial charge in [-0.15, -0.1) is 0 Å². The number of para-hydroxylation sites is 2. The Balaban J connectivity index is 1.31. The molecule has 3 aromatic rings. The zero-order chi connectivity index (χ0) is 24.1. The number of anilines is 2. The van der Waals surface area contributed by atoms with Gasteiger partial charge in [-0.2, -0.15) is 0 Å². The molecule has 1 aliphatic heterocycles. The van der Waals surface area contributed by atoms with E-state index in [1.807, 2.05) is 12.1 Å². The van der Waals surface area contributed by atoms with Crippen LogP contribution in [0.2, 0.25) is 0 Å². The lowest BCUT2D eigenvalue weighted by Gasteiger charge is -2.17. The van der Waals surface area contributed by atoms with Crippen LogP contribution >= 0.6 is 0 Å². The van der Waals surface area contributed by atoms with Gasteiger partial charge < -0.3 is 29.0 Å². The normalized spacial score (nSPS) is 15.2. The molecule has 1 N–H and O–H groups in total. The number of carbonyl (C=O) groups is 3. The second-order valence-electron chi connectivity index (χ2n) is 7.63. The Morgan fingerprint density at radius 2 is 1.88 bits per heavy atom. The summed E-state index contributed by atoms with van der Waals surface area (Å²) in [6.07, 6.45) is 0.00238. The van der Waals surface area contributed by atoms with Crippen LogP contribution in [0.15, 0.2) is 59.1 Å². The first kappa shape index (κ1) is 22.8. The minimum Gasteiger partial charge on any atom is -0.493 e. The molecule has 1 fully saturated rings. The number of carbonyl (C=O) groups excluding carboxylic acids is 3. The Morgan fingerprint density at radius 1 is 1.15 bits per heavy atom. The monoisotopic (exact) mass is 465 g/mol. The first-order valence-corrected chi connectivity index (χ1v) is 10.5. The van der Waals surface area contributed by atoms with E-state index in [0.29, 0.717) is 28.7 Å². The Bertz CT molecular complexity index is 1190. The second kappa shape index (κ2) is 10.1. The minimum absolute atomic E-state index is 0.00238. The number of hydrogen-bond acceptors (Lipinski definition) is 8. The highest BCUT2D eigenvalue weighted by Gasteiger charge is 2.36. The van der Waals surface area contributed by atoms with Crippen LogP contribution in [0, 0.1) is 12.8 Å². The number of hydrogen-bond donors (Lipinski definition) is 1. The molecule has 0 aliphatic carbocycles. The fraction of sp³-hybridized carbons (Fsp3) is 0.250. The van der Waals surface area contributed by atoms with Gasteiger partial charge in [0.1, 0.15) is 11.5 Å². The lowest BCUT2D eigenvalue weighted by molar-refractivity contribution is -0.151. The minimum atomic E-state index is -0.667. The molecule has 2 amide bonds. The van der Waals surface area contributed by atoms with E-state index < -0.39 is 24.4 Å². The van der Waals surface area contributed by atoms with Crippen molar-refractivity contribution in [1.82, 2.24) is 5.16 Å². The van der Waals surface area contributed by atoms with Crippen LogP contribution in [0.3, 0.4) is 0 Å². The summed E-state index contributed by atoms with van der Waals surface area (Å²) < 4.78 is 21.1. The second-order valence-corrected chi connectivity index (χ2v) is 7.63. The molecule has 2 heterocycles. The van der Waals surface area contributed by atoms with E-state index in [9.17, 15) is 14.4 Å². The predicted octanol–water partition coefficient (Wildman–Crippen LogP) is 3.32. The molecule has 10 nitrogen and oxygen atoms in total. The molecular formula is C24H23N3O7. The van der Waals surface area contributed by atoms with Gasteiger partial charge in [-0.1, -0.05) is 17.3 Å². The first-order valence-electron chi connectivity index (χ1n) is 10.5. The van der Waals surface area contributed by atoms with Crippen LogP contribution in [0.5, 0.6) is 17.2 Å². The van der Waals surface area contributed by atoms with E-state index in [-0.39, 0.29) is 24.7 Å². The standard InChI is InChI=1S/C24H23N3O7/c1-15-11-21(26-34-15)25-22(28)14-32-24(30)16-12-23(29)27(13-16)17-7-9-18(10-8-17)33-20-6-4-3-5-19(20)31-2/h3-11,16H,12-14H2,1-2H3,(H,25,26,28)/t16-/m1/s1. The van der Waals surface area contributed by atoms with Crippen LogP contribution in [0.1, 0.15) is 12.2 Å². The molecule has 0 spiro atoms. The van der Waals surface area contributed by atoms with E-state index >= 15 is 0 Å². The molecule has 0 radical (unpaired) electrons. The molecule has 4 rings (SSSR count). The van der Waals surface area contributed by atoms with Gasteiger partial charge in [-0.05, 0) is 43.3 Å². The van der Waals surface area contributed by atoms with Gasteiger partial charge in [0.15, 0.2) is 23.9 Å². The van der Waals surface area contributed by atoms with E-state index in [0.717, 1.165) is 0 Å². The Kier molecular flexibility index (Phi) is 6.77. The van der Waals surface area contributed by atoms with E-state index in [4.69, 9.17) is 18.7 Å². The molecule has 1 aliphatic rings. The number of nitrogens with one attached hydrogen (secondary N) is 1. The lowest BCUT2D eigenvalue weighted by Crippen LogP contribution is -2.28. The molecule has 2 aromatic carbocycles. The number of esters is 1. The van der Waals surface area contributed by atoms with E-state index in [1.54, 1.807) is 56.5 Å². The van der Waals surface area contributed by atoms with Gasteiger partial charge >= 0.3 is 5.97 Å². The smallest absolute Gasteiger partial charge is 0.311 e. The van der Waals surface area contributed by atoms with Crippen LogP contribution in [-0.2, 0) is 19.1 Å². The van der Waals surface area contributed by atoms with Gasteiger partial charge in [-0.3, -0.25) is 14.4 Å². The number of ether oxygens (including phenoxy) is 3. The van der Waals surface area contributed by atoms with Crippen LogP contribution < -0.4 is 19.7 Å². The molecule has 10 heteroatoms. The quantitative estimate of drug-likeness (QED) is 0.503. The van der Waals surface area contributed by atoms with Crippen molar-refractivity contribution < 1.29 is 33.1 Å². The van der Waals surface area contributed by atoms with Crippen molar-refractivity contribution in [2.75, 3.05) is 30.5 Å². The zero-order valence-corrected chi connectivity index (χ0v) is 18.6. The summed E-state index contributed by atoms with van der Waals surface area (Å²) in [6, 6.07) is 15.8. The molecule has 0 saturated carbocycles. The number of methoxy groups -OCH3 is 1. The summed E-state index contributed by atoms with van der Waals surface area (Å²) in [4.78, 5) is 38.3. The number of amides is 2. The van der Waals surface area contributed by atoms with Gasteiger partial charge in [0.25, 0.3) is 5.91 Å². The maximum Gasteiger partial charge on any atom is 0.311 e. The van der Waals surface area contributed by atoms with Crippen molar-refractivity contribution >= 4 is 29.3 Å². The average Bonchev–Trinajstić information content (AvgIpc) is 3.43. The van der Waals surface area contributed by atoms with Crippen molar-refractivity contribution in [3.8, 4) is 17.2 Å². The largest absolute Gasteiger partial charge is 0.493 e.